The van der Waals surface area contributed by atoms with Gasteiger partial charge in [-0.3, -0.25) is 9.80 Å². The maximum absolute atomic E-state index is 13.5. The zero-order valence-electron chi connectivity index (χ0n) is 18.4. The van der Waals surface area contributed by atoms with Crippen LogP contribution in [0.5, 0.6) is 5.75 Å². The Morgan fingerprint density at radius 1 is 1.18 bits per heavy atom. The van der Waals surface area contributed by atoms with Crippen molar-refractivity contribution in [2.75, 3.05) is 32.2 Å². The molecule has 3 saturated carbocycles. The van der Waals surface area contributed by atoms with Crippen LogP contribution in [0.4, 0.5) is 10.5 Å². The number of methoxy groups -OCH3 is 2. The van der Waals surface area contributed by atoms with Gasteiger partial charge in [-0.2, -0.15) is 0 Å². The molecule has 0 radical (unpaired) electrons. The fourth-order valence-corrected chi connectivity index (χ4v) is 9.03. The van der Waals surface area contributed by atoms with Crippen LogP contribution >= 0.6 is 0 Å². The van der Waals surface area contributed by atoms with Crippen LogP contribution < -0.4 is 4.90 Å². The average Bonchev–Trinajstić information content (AvgIpc) is 3.43. The minimum absolute atomic E-state index is 0.0692. The Morgan fingerprint density at radius 3 is 2.70 bits per heavy atom. The number of phenolic OH excluding ortho intramolecular Hbond substituents is 1. The number of piperidine rings is 1. The first kappa shape index (κ1) is 20.0. The molecule has 0 aromatic heterocycles. The second-order valence-electron chi connectivity index (χ2n) is 10.3. The molecule has 176 valence electrons. The highest BCUT2D eigenvalue weighted by molar-refractivity contribution is 6.01. The number of para-hydroxylation sites is 1. The van der Waals surface area contributed by atoms with Crippen LogP contribution in [0, 0.1) is 5.41 Å². The van der Waals surface area contributed by atoms with Gasteiger partial charge >= 0.3 is 12.1 Å². The summed E-state index contributed by atoms with van der Waals surface area (Å²) in [6.45, 7) is 1.33. The number of aliphatic hydroxyl groups excluding tert-OH is 1. The first-order valence-corrected chi connectivity index (χ1v) is 11.4. The van der Waals surface area contributed by atoms with Crippen molar-refractivity contribution in [3.8, 4) is 5.75 Å². The van der Waals surface area contributed by atoms with E-state index >= 15 is 0 Å². The highest BCUT2D eigenvalue weighted by Crippen LogP contribution is 2.79. The lowest BCUT2D eigenvalue weighted by Gasteiger charge is -2.72. The summed E-state index contributed by atoms with van der Waals surface area (Å²) in [5, 5.41) is 35.3. The summed E-state index contributed by atoms with van der Waals surface area (Å²) in [6, 6.07) is 4.74. The SMILES string of the molecule is COC(=O)N1c2c(O)cccc2[C@@]23CCN4C[C@@H]5O[C@@H]5C5(CCC12[C@](O)(C(=O)OC)[C@@H]5O)[C@H]43. The van der Waals surface area contributed by atoms with Crippen LogP contribution in [0.25, 0.3) is 0 Å². The van der Waals surface area contributed by atoms with E-state index < -0.39 is 40.1 Å². The topological polar surface area (TPSA) is 132 Å². The average molecular weight is 458 g/mol. The molecule has 3 saturated heterocycles. The van der Waals surface area contributed by atoms with Gasteiger partial charge in [-0.1, -0.05) is 12.1 Å². The highest BCUT2D eigenvalue weighted by atomic mass is 16.6. The van der Waals surface area contributed by atoms with E-state index in [0.29, 0.717) is 31.5 Å². The number of hydrogen-bond acceptors (Lipinski definition) is 9. The molecule has 2 bridgehead atoms. The van der Waals surface area contributed by atoms with Gasteiger partial charge in [0.15, 0.2) is 0 Å². The van der Waals surface area contributed by atoms with Crippen molar-refractivity contribution >= 4 is 17.7 Å². The third kappa shape index (κ3) is 1.66. The largest absolute Gasteiger partial charge is 0.506 e. The van der Waals surface area contributed by atoms with Crippen LogP contribution in [-0.2, 0) is 24.4 Å². The first-order chi connectivity index (χ1) is 15.8. The molecule has 4 aliphatic heterocycles. The molecule has 8 rings (SSSR count). The van der Waals surface area contributed by atoms with Crippen molar-refractivity contribution in [3.05, 3.63) is 23.8 Å². The Morgan fingerprint density at radius 2 is 1.97 bits per heavy atom. The molecule has 3 aliphatic carbocycles. The number of esters is 1. The minimum atomic E-state index is -2.46. The van der Waals surface area contributed by atoms with E-state index in [2.05, 4.69) is 4.90 Å². The summed E-state index contributed by atoms with van der Waals surface area (Å²) in [4.78, 5) is 30.4. The second-order valence-corrected chi connectivity index (χ2v) is 10.3. The molecule has 3 N–H and O–H groups in total. The number of hydrogen-bond donors (Lipinski definition) is 3. The van der Waals surface area contributed by atoms with Gasteiger partial charge < -0.3 is 29.5 Å². The summed E-state index contributed by atoms with van der Waals surface area (Å²) >= 11 is 0. The van der Waals surface area contributed by atoms with Crippen LogP contribution in [0.2, 0.25) is 0 Å². The number of rotatable bonds is 1. The number of nitrogens with zero attached hydrogens (tertiary/aromatic N) is 2. The van der Waals surface area contributed by atoms with Gasteiger partial charge in [0.05, 0.1) is 32.1 Å². The van der Waals surface area contributed by atoms with E-state index in [-0.39, 0.29) is 36.1 Å². The predicted molar refractivity (Wildman–Crippen MR) is 111 cm³/mol. The van der Waals surface area contributed by atoms with Gasteiger partial charge in [0, 0.05) is 23.4 Å². The number of fused-ring (bicyclic) bond motifs is 4. The van der Waals surface area contributed by atoms with Crippen LogP contribution in [-0.4, -0.2) is 95.1 Å². The molecule has 4 heterocycles. The molecule has 8 atom stereocenters. The van der Waals surface area contributed by atoms with Gasteiger partial charge in [-0.25, -0.2) is 9.59 Å². The van der Waals surface area contributed by atoms with E-state index in [4.69, 9.17) is 14.2 Å². The van der Waals surface area contributed by atoms with Gasteiger partial charge in [0.2, 0.25) is 5.60 Å². The maximum atomic E-state index is 13.5. The number of phenols is 1. The molecule has 2 unspecified atom stereocenters. The molecule has 6 fully saturated rings. The van der Waals surface area contributed by atoms with Crippen molar-refractivity contribution in [2.45, 2.75) is 60.2 Å². The molecule has 10 nitrogen and oxygen atoms in total. The highest BCUT2D eigenvalue weighted by Gasteiger charge is 2.93. The van der Waals surface area contributed by atoms with E-state index in [1.165, 1.54) is 18.1 Å². The lowest BCUT2D eigenvalue weighted by atomic mass is 9.36. The van der Waals surface area contributed by atoms with Gasteiger partial charge in [0.1, 0.15) is 17.4 Å². The summed E-state index contributed by atoms with van der Waals surface area (Å²) in [5.74, 6) is -1.15. The predicted octanol–water partition coefficient (Wildman–Crippen LogP) is -0.131. The number of ether oxygens (including phenoxy) is 3. The number of epoxide rings is 1. The molecule has 1 aromatic carbocycles. The van der Waals surface area contributed by atoms with Gasteiger partial charge in [0.25, 0.3) is 0 Å². The van der Waals surface area contributed by atoms with Gasteiger partial charge in [-0.15, -0.1) is 0 Å². The number of anilines is 1. The number of aliphatic hydroxyl groups is 2. The number of carbonyl (C=O) groups is 2. The fourth-order valence-electron chi connectivity index (χ4n) is 9.03. The zero-order chi connectivity index (χ0) is 23.1. The minimum Gasteiger partial charge on any atom is -0.506 e. The summed E-state index contributed by atoms with van der Waals surface area (Å²) in [7, 11) is 2.38. The molecule has 7 aliphatic rings. The lowest BCUT2D eigenvalue weighted by Crippen LogP contribution is -2.92. The maximum Gasteiger partial charge on any atom is 0.414 e. The molecular weight excluding hydrogens is 432 g/mol. The van der Waals surface area contributed by atoms with Gasteiger partial charge in [-0.05, 0) is 37.4 Å². The fraction of sp³-hybridized carbons (Fsp3) is 0.652. The Hall–Kier alpha value is -2.40. The van der Waals surface area contributed by atoms with Crippen molar-refractivity contribution < 1.29 is 39.1 Å². The summed E-state index contributed by atoms with van der Waals surface area (Å²) in [6.07, 6.45) is -1.52. The lowest BCUT2D eigenvalue weighted by molar-refractivity contribution is -0.279. The second kappa shape index (κ2) is 5.63. The Bertz CT molecular complexity index is 1130. The number of carbonyl (C=O) groups excluding carboxylic acids is 2. The smallest absolute Gasteiger partial charge is 0.414 e. The Balaban J connectivity index is 1.64. The van der Waals surface area contributed by atoms with Crippen molar-refractivity contribution in [3.63, 3.8) is 0 Å². The number of amides is 1. The number of aromatic hydroxyl groups is 1. The first-order valence-electron chi connectivity index (χ1n) is 11.4. The van der Waals surface area contributed by atoms with E-state index in [1.54, 1.807) is 6.07 Å². The van der Waals surface area contributed by atoms with Crippen LogP contribution in [0.3, 0.4) is 0 Å². The van der Waals surface area contributed by atoms with Crippen LogP contribution in [0.15, 0.2) is 18.2 Å². The quantitative estimate of drug-likeness (QED) is 0.389. The molecular formula is C23H26N2O8. The molecule has 10 heteroatoms. The third-order valence-corrected chi connectivity index (χ3v) is 9.81. The molecule has 1 amide bonds. The molecule has 3 spiro atoms. The van der Waals surface area contributed by atoms with E-state index in [0.717, 1.165) is 7.11 Å². The monoisotopic (exact) mass is 458 g/mol. The Kier molecular flexibility index (Phi) is 3.41. The molecule has 33 heavy (non-hydrogen) atoms. The van der Waals surface area contributed by atoms with Crippen LogP contribution in [0.1, 0.15) is 24.8 Å². The zero-order valence-corrected chi connectivity index (χ0v) is 18.4. The van der Waals surface area contributed by atoms with E-state index in [9.17, 15) is 24.9 Å². The summed E-state index contributed by atoms with van der Waals surface area (Å²) < 4.78 is 16.3. The normalized spacial score (nSPS) is 47.9. The standard InChI is InChI=1S/C23H26N2O8/c1-31-18(28)23(30)17(27)20-6-7-22(23)21(8-9-24(16(20)21)10-13-15(20)33-13)11-4-3-5-12(26)14(11)25(22)19(29)32-2/h3-5,13,15-17,26-27,30H,6-10H2,1-2H3/t13-,15-,16-,17+,20?,21+,22?,23+/m0/s1. The third-order valence-electron chi connectivity index (χ3n) is 9.81. The Labute approximate surface area is 189 Å². The number of benzene rings is 1. The molecule has 1 aromatic rings. The van der Waals surface area contributed by atoms with Crippen molar-refractivity contribution in [1.82, 2.24) is 4.90 Å². The van der Waals surface area contributed by atoms with Crippen molar-refractivity contribution in [1.29, 1.82) is 0 Å². The van der Waals surface area contributed by atoms with Crippen molar-refractivity contribution in [2.24, 2.45) is 5.41 Å². The summed E-state index contributed by atoms with van der Waals surface area (Å²) in [5.41, 5.74) is -5.02. The van der Waals surface area contributed by atoms with E-state index in [1.807, 2.05) is 6.07 Å².